The molecule has 17 unspecified atom stereocenters. The van der Waals surface area contributed by atoms with Crippen LogP contribution in [0.15, 0.2) is 24.3 Å². The maximum absolute atomic E-state index is 13.2. The molecule has 0 saturated carbocycles. The Hall–Kier alpha value is -1.73. The molecule has 0 radical (unpaired) electrons. The predicted octanol–water partition coefficient (Wildman–Crippen LogP) is 7.49. The van der Waals surface area contributed by atoms with E-state index in [-0.39, 0.29) is 18.9 Å². The Labute approximate surface area is 498 Å². The van der Waals surface area contributed by atoms with Crippen molar-refractivity contribution < 1.29 is 89.4 Å². The van der Waals surface area contributed by atoms with Crippen LogP contribution in [0.2, 0.25) is 0 Å². The van der Waals surface area contributed by atoms with E-state index in [1.54, 1.807) is 6.08 Å². The van der Waals surface area contributed by atoms with Crippen LogP contribution in [0.3, 0.4) is 0 Å². The fourth-order valence-corrected chi connectivity index (χ4v) is 11.3. The first-order chi connectivity index (χ1) is 40.3. The summed E-state index contributed by atoms with van der Waals surface area (Å²) in [5, 5.41) is 120. The number of hydrogen-bond acceptors (Lipinski definition) is 18. The summed E-state index contributed by atoms with van der Waals surface area (Å²) in [6, 6.07) is -0.984. The molecule has 1 amide bonds. The summed E-state index contributed by atoms with van der Waals surface area (Å²) < 4.78 is 34.2. The Bertz CT molecular complexity index is 1610. The van der Waals surface area contributed by atoms with Gasteiger partial charge in [-0.15, -0.1) is 0 Å². The molecule has 3 heterocycles. The zero-order valence-electron chi connectivity index (χ0n) is 51.2. The molecule has 0 bridgehead atoms. The van der Waals surface area contributed by atoms with Crippen molar-refractivity contribution in [2.75, 3.05) is 26.4 Å². The van der Waals surface area contributed by atoms with Crippen molar-refractivity contribution in [2.45, 2.75) is 349 Å². The van der Waals surface area contributed by atoms with Crippen molar-refractivity contribution in [1.82, 2.24) is 5.32 Å². The van der Waals surface area contributed by atoms with Gasteiger partial charge in [-0.05, 0) is 32.1 Å². The molecule has 3 aliphatic heterocycles. The summed E-state index contributed by atoms with van der Waals surface area (Å²) in [5.74, 6) is -0.291. The minimum absolute atomic E-state index is 0.236. The quantitative estimate of drug-likeness (QED) is 0.0207. The van der Waals surface area contributed by atoms with Crippen LogP contribution >= 0.6 is 0 Å². The summed E-state index contributed by atoms with van der Waals surface area (Å²) in [4.78, 5) is 13.2. The van der Waals surface area contributed by atoms with Gasteiger partial charge >= 0.3 is 0 Å². The molecule has 0 aliphatic carbocycles. The highest BCUT2D eigenvalue weighted by molar-refractivity contribution is 5.76. The number of ether oxygens (including phenoxy) is 6. The minimum atomic E-state index is -1.98. The molecule has 0 aromatic heterocycles. The van der Waals surface area contributed by atoms with Crippen molar-refractivity contribution in [3.8, 4) is 0 Å². The van der Waals surface area contributed by atoms with E-state index in [1.165, 1.54) is 161 Å². The Morgan fingerprint density at radius 1 is 0.422 bits per heavy atom. The van der Waals surface area contributed by atoms with Crippen LogP contribution in [0, 0.1) is 0 Å². The Morgan fingerprint density at radius 3 is 1.20 bits per heavy atom. The summed E-state index contributed by atoms with van der Waals surface area (Å²) in [6.45, 7) is 1.66. The first-order valence-corrected chi connectivity index (χ1v) is 33.1. The van der Waals surface area contributed by atoms with E-state index in [9.17, 15) is 61.0 Å². The molecule has 0 aromatic rings. The van der Waals surface area contributed by atoms with Crippen molar-refractivity contribution in [3.05, 3.63) is 24.3 Å². The maximum atomic E-state index is 13.2. The molecule has 3 rings (SSSR count). The van der Waals surface area contributed by atoms with Gasteiger partial charge in [0.2, 0.25) is 5.91 Å². The molecule has 12 N–H and O–H groups in total. The van der Waals surface area contributed by atoms with Crippen LogP contribution in [0.4, 0.5) is 0 Å². The van der Waals surface area contributed by atoms with Gasteiger partial charge in [0, 0.05) is 6.42 Å². The number of hydrogen-bond donors (Lipinski definition) is 12. The SMILES string of the molecule is CCCCCCCCCCCCCCCCCCCCCCCCCCC/C=C/CC/C=C/C(O)C(COC1OC(CO)C(OC2OC(CO)C(OC3OC(CO)C(O)C(O)C3O)C(O)C2O)C(O)C1O)NC(=O)CCCCCCCCC. The number of allylic oxidation sites excluding steroid dienone is 3. The number of nitrogens with one attached hydrogen (secondary N) is 1. The lowest BCUT2D eigenvalue weighted by atomic mass is 9.96. The molecule has 19 nitrogen and oxygen atoms in total. The average molecular weight is 1190 g/mol. The number of aliphatic hydroxyl groups is 11. The second-order valence-electron chi connectivity index (χ2n) is 23.9. The van der Waals surface area contributed by atoms with E-state index in [0.717, 1.165) is 51.4 Å². The van der Waals surface area contributed by atoms with Crippen molar-refractivity contribution in [2.24, 2.45) is 0 Å². The molecule has 17 atom stereocenters. The average Bonchev–Trinajstić information content (AvgIpc) is 3.25. The second-order valence-corrected chi connectivity index (χ2v) is 23.9. The van der Waals surface area contributed by atoms with E-state index >= 15 is 0 Å². The largest absolute Gasteiger partial charge is 0.394 e. The first kappa shape index (κ1) is 75.5. The van der Waals surface area contributed by atoms with Crippen LogP contribution in [-0.4, -0.2) is 193 Å². The molecule has 0 spiro atoms. The van der Waals surface area contributed by atoms with Gasteiger partial charge in [-0.3, -0.25) is 4.79 Å². The van der Waals surface area contributed by atoms with Gasteiger partial charge in [0.15, 0.2) is 18.9 Å². The number of carbonyl (C=O) groups excluding carboxylic acids is 1. The van der Waals surface area contributed by atoms with Gasteiger partial charge in [0.1, 0.15) is 73.2 Å². The predicted molar refractivity (Wildman–Crippen MR) is 319 cm³/mol. The lowest BCUT2D eigenvalue weighted by Crippen LogP contribution is -2.66. The van der Waals surface area contributed by atoms with Crippen LogP contribution < -0.4 is 5.32 Å². The monoisotopic (exact) mass is 1190 g/mol. The van der Waals surface area contributed by atoms with Crippen molar-refractivity contribution in [3.63, 3.8) is 0 Å². The van der Waals surface area contributed by atoms with E-state index in [0.29, 0.717) is 12.8 Å². The lowest BCUT2D eigenvalue weighted by Gasteiger charge is -2.48. The molecule has 488 valence electrons. The summed E-state index contributed by atoms with van der Waals surface area (Å²) in [5.41, 5.74) is 0. The molecule has 3 saturated heterocycles. The molecule has 0 aromatic carbocycles. The van der Waals surface area contributed by atoms with Gasteiger partial charge in [-0.2, -0.15) is 0 Å². The Kier molecular flexibility index (Phi) is 43.0. The molecule has 19 heteroatoms. The highest BCUT2D eigenvalue weighted by Gasteiger charge is 2.53. The number of amides is 1. The van der Waals surface area contributed by atoms with Crippen LogP contribution in [0.25, 0.3) is 0 Å². The van der Waals surface area contributed by atoms with Gasteiger partial charge in [0.25, 0.3) is 0 Å². The second kappa shape index (κ2) is 47.3. The smallest absolute Gasteiger partial charge is 0.220 e. The Balaban J connectivity index is 1.36. The molecule has 3 aliphatic rings. The topological polar surface area (TPSA) is 307 Å². The standard InChI is InChI=1S/C64H119NO18/c1-3-5-7-9-11-12-13-14-15-16-17-18-19-20-21-22-23-24-25-26-27-28-29-30-31-32-33-34-36-37-39-41-48(69)47(65-52(70)42-40-38-35-10-8-6-4-2)46-78-62-58(76)55(73)60(50(44-67)80-62)83-64-59(77)56(74)61(51(45-68)81-64)82-63-57(75)54(72)53(71)49(43-66)79-63/h33-34,39,41,47-51,53-64,66-69,71-77H,3-32,35-38,40,42-46H2,1-2H3,(H,65,70)/b34-33+,41-39+. The van der Waals surface area contributed by atoms with E-state index in [4.69, 9.17) is 28.4 Å². The lowest BCUT2D eigenvalue weighted by molar-refractivity contribution is -0.379. The fourth-order valence-electron chi connectivity index (χ4n) is 11.3. The van der Waals surface area contributed by atoms with Gasteiger partial charge in [-0.1, -0.05) is 231 Å². The third-order valence-electron chi connectivity index (χ3n) is 16.8. The summed E-state index contributed by atoms with van der Waals surface area (Å²) in [6.07, 6.45) is 25.2. The highest BCUT2D eigenvalue weighted by Crippen LogP contribution is 2.33. The number of aliphatic hydroxyl groups excluding tert-OH is 11. The molecular formula is C64H119NO18. The molecule has 83 heavy (non-hydrogen) atoms. The summed E-state index contributed by atoms with van der Waals surface area (Å²) in [7, 11) is 0. The number of carbonyl (C=O) groups is 1. The number of rotatable bonds is 50. The fraction of sp³-hybridized carbons (Fsp3) is 0.922. The highest BCUT2D eigenvalue weighted by atomic mass is 16.8. The van der Waals surface area contributed by atoms with E-state index in [2.05, 4.69) is 31.3 Å². The van der Waals surface area contributed by atoms with E-state index < -0.39 is 124 Å². The maximum Gasteiger partial charge on any atom is 0.220 e. The first-order valence-electron chi connectivity index (χ1n) is 33.1. The van der Waals surface area contributed by atoms with Crippen molar-refractivity contribution >= 4 is 5.91 Å². The third-order valence-corrected chi connectivity index (χ3v) is 16.8. The Morgan fingerprint density at radius 2 is 0.771 bits per heavy atom. The van der Waals surface area contributed by atoms with Crippen LogP contribution in [0.1, 0.15) is 245 Å². The van der Waals surface area contributed by atoms with Crippen LogP contribution in [0.5, 0.6) is 0 Å². The number of unbranched alkanes of at least 4 members (excludes halogenated alkanes) is 32. The van der Waals surface area contributed by atoms with Gasteiger partial charge in [0.05, 0.1) is 38.6 Å². The van der Waals surface area contributed by atoms with Gasteiger partial charge < -0.3 is 89.9 Å². The zero-order chi connectivity index (χ0) is 60.5. The minimum Gasteiger partial charge on any atom is -0.394 e. The molecule has 3 fully saturated rings. The summed E-state index contributed by atoms with van der Waals surface area (Å²) >= 11 is 0. The van der Waals surface area contributed by atoms with E-state index in [1.807, 2.05) is 6.08 Å². The molecular weight excluding hydrogens is 1070 g/mol. The normalized spacial score (nSPS) is 29.5. The van der Waals surface area contributed by atoms with Crippen molar-refractivity contribution in [1.29, 1.82) is 0 Å². The third kappa shape index (κ3) is 30.4. The van der Waals surface area contributed by atoms with Crippen LogP contribution in [-0.2, 0) is 33.2 Å². The zero-order valence-corrected chi connectivity index (χ0v) is 51.2. The van der Waals surface area contributed by atoms with Gasteiger partial charge in [-0.25, -0.2) is 0 Å².